The van der Waals surface area contributed by atoms with Crippen LogP contribution in [0, 0.1) is 0 Å². The van der Waals surface area contributed by atoms with Gasteiger partial charge in [0.2, 0.25) is 0 Å². The fourth-order valence-corrected chi connectivity index (χ4v) is 1.57. The van der Waals surface area contributed by atoms with Crippen molar-refractivity contribution in [2.75, 3.05) is 6.61 Å². The van der Waals surface area contributed by atoms with Crippen molar-refractivity contribution in [3.8, 4) is 0 Å². The highest BCUT2D eigenvalue weighted by atomic mass is 31.2. The van der Waals surface area contributed by atoms with E-state index in [2.05, 4.69) is 9.84 Å². The Morgan fingerprint density at radius 1 is 1.62 bits per heavy atom. The molecular weight excluding hydrogens is 196 g/mol. The lowest BCUT2D eigenvalue weighted by molar-refractivity contribution is 0.111. The van der Waals surface area contributed by atoms with Crippen molar-refractivity contribution < 1.29 is 24.0 Å². The molecule has 0 aromatic carbocycles. The highest BCUT2D eigenvalue weighted by Crippen LogP contribution is 2.36. The van der Waals surface area contributed by atoms with Gasteiger partial charge in [-0.3, -0.25) is 4.52 Å². The lowest BCUT2D eigenvalue weighted by atomic mass is 9.95. The second kappa shape index (κ2) is 4.08. The van der Waals surface area contributed by atoms with Gasteiger partial charge in [0.1, 0.15) is 0 Å². The maximum atomic E-state index is 10.3. The third-order valence-electron chi connectivity index (χ3n) is 1.81. The summed E-state index contributed by atoms with van der Waals surface area (Å²) >= 11 is 0. The fourth-order valence-electron chi connectivity index (χ4n) is 1.22. The van der Waals surface area contributed by atoms with E-state index in [-0.39, 0.29) is 12.5 Å². The fraction of sp³-hybridized carbons (Fsp3) is 1.00. The summed E-state index contributed by atoms with van der Waals surface area (Å²) < 4.78 is 14.5. The number of phosphoric acid groups is 1. The van der Waals surface area contributed by atoms with Crippen LogP contribution >= 0.6 is 7.82 Å². The third-order valence-corrected chi connectivity index (χ3v) is 2.30. The number of phosphoric ester groups is 1. The monoisotopic (exact) mass is 207 g/mol. The van der Waals surface area contributed by atoms with Gasteiger partial charge in [-0.25, -0.2) is 4.57 Å². The van der Waals surface area contributed by atoms with Crippen molar-refractivity contribution in [3.05, 3.63) is 0 Å². The number of hydrogen-bond acceptors (Lipinski definition) is 4. The van der Waals surface area contributed by atoms with Gasteiger partial charge in [0, 0.05) is 0 Å². The van der Waals surface area contributed by atoms with Crippen molar-refractivity contribution in [1.82, 2.24) is 5.32 Å². The molecule has 1 aliphatic rings. The van der Waals surface area contributed by atoms with E-state index < -0.39 is 20.0 Å². The van der Waals surface area contributed by atoms with E-state index in [9.17, 15) is 9.67 Å². The van der Waals surface area contributed by atoms with Crippen LogP contribution in [0.15, 0.2) is 0 Å². The van der Waals surface area contributed by atoms with E-state index in [0.717, 1.165) is 0 Å². The van der Waals surface area contributed by atoms with Crippen LogP contribution in [0.25, 0.3) is 0 Å². The quantitative estimate of drug-likeness (QED) is 0.325. The molecule has 1 saturated heterocycles. The van der Waals surface area contributed by atoms with E-state index in [4.69, 9.17) is 17.6 Å². The molecule has 1 heterocycles. The molecule has 3 atom stereocenters. The molecule has 0 aliphatic carbocycles. The summed E-state index contributed by atoms with van der Waals surface area (Å²) in [5, 5.41) is 12.0. The summed E-state index contributed by atoms with van der Waals surface area (Å²) in [7, 11) is 0.978. The highest BCUT2D eigenvalue weighted by molar-refractivity contribution is 7.46. The Morgan fingerprint density at radius 3 is 2.62 bits per heavy atom. The van der Waals surface area contributed by atoms with Crippen molar-refractivity contribution in [1.29, 1.82) is 0 Å². The molecule has 2 radical (unpaired) electrons. The minimum absolute atomic E-state index is 0.251. The molecule has 6 nitrogen and oxygen atoms in total. The summed E-state index contributed by atoms with van der Waals surface area (Å²) in [6, 6.07) is -0.511. The Hall–Kier alpha value is 0.0949. The second-order valence-corrected chi connectivity index (χ2v) is 4.21. The molecule has 1 rings (SSSR count). The Balaban J connectivity index is 2.34. The molecule has 0 saturated carbocycles. The van der Waals surface area contributed by atoms with Crippen LogP contribution in [-0.2, 0) is 9.09 Å². The summed E-state index contributed by atoms with van der Waals surface area (Å²) in [5.41, 5.74) is 0. The number of nitrogens with one attached hydrogen (secondary N) is 1. The van der Waals surface area contributed by atoms with E-state index in [1.165, 1.54) is 0 Å². The van der Waals surface area contributed by atoms with Gasteiger partial charge in [0.05, 0.1) is 26.6 Å². The van der Waals surface area contributed by atoms with E-state index >= 15 is 0 Å². The molecule has 0 unspecified atom stereocenters. The van der Waals surface area contributed by atoms with Crippen molar-refractivity contribution >= 4 is 15.7 Å². The standard InChI is InChI=1S/C5H11BNO5P/c6-5-1-4(8)3(7-5)2-12-13(9,10)11/h3-5,7-8H,1-2H2,(H2,9,10,11)/t3-,4+,5-/m1/s1. The highest BCUT2D eigenvalue weighted by Gasteiger charge is 2.31. The van der Waals surface area contributed by atoms with E-state index in [1.54, 1.807) is 0 Å². The molecular formula is C5H11BNO5P. The Kier molecular flexibility index (Phi) is 3.51. The zero-order valence-electron chi connectivity index (χ0n) is 6.83. The van der Waals surface area contributed by atoms with Crippen LogP contribution in [0.2, 0.25) is 0 Å². The first-order chi connectivity index (χ1) is 5.88. The van der Waals surface area contributed by atoms with Crippen LogP contribution in [0.5, 0.6) is 0 Å². The van der Waals surface area contributed by atoms with Crippen molar-refractivity contribution in [2.45, 2.75) is 24.5 Å². The number of aliphatic hydroxyl groups excluding tert-OH is 1. The van der Waals surface area contributed by atoms with Crippen LogP contribution in [0.1, 0.15) is 6.42 Å². The average Bonchev–Trinajstić information content (AvgIpc) is 2.24. The zero-order valence-corrected chi connectivity index (χ0v) is 7.72. The molecule has 4 N–H and O–H groups in total. The largest absolute Gasteiger partial charge is 0.469 e. The minimum atomic E-state index is -4.46. The first-order valence-corrected chi connectivity index (χ1v) is 5.31. The van der Waals surface area contributed by atoms with Gasteiger partial charge in [-0.15, -0.1) is 0 Å². The number of hydrogen-bond donors (Lipinski definition) is 4. The molecule has 0 amide bonds. The number of rotatable bonds is 3. The van der Waals surface area contributed by atoms with E-state index in [0.29, 0.717) is 6.42 Å². The van der Waals surface area contributed by atoms with Gasteiger partial charge in [0.25, 0.3) is 0 Å². The maximum Gasteiger partial charge on any atom is 0.469 e. The molecule has 0 aromatic heterocycles. The molecule has 1 aliphatic heterocycles. The first kappa shape index (κ1) is 11.2. The minimum Gasteiger partial charge on any atom is -0.391 e. The van der Waals surface area contributed by atoms with Crippen LogP contribution < -0.4 is 5.32 Å². The smallest absolute Gasteiger partial charge is 0.391 e. The van der Waals surface area contributed by atoms with E-state index in [1.807, 2.05) is 0 Å². The lowest BCUT2D eigenvalue weighted by Gasteiger charge is -2.15. The number of aliphatic hydroxyl groups is 1. The van der Waals surface area contributed by atoms with Crippen LogP contribution in [0.4, 0.5) is 0 Å². The van der Waals surface area contributed by atoms with Gasteiger partial charge in [-0.1, -0.05) is 0 Å². The molecule has 0 bridgehead atoms. The first-order valence-electron chi connectivity index (χ1n) is 3.78. The Bertz CT molecular complexity index is 221. The molecule has 0 aromatic rings. The summed E-state index contributed by atoms with van der Waals surface area (Å²) in [6.45, 7) is -0.251. The summed E-state index contributed by atoms with van der Waals surface area (Å²) in [6.07, 6.45) is -0.364. The molecule has 1 fully saturated rings. The SMILES string of the molecule is [B][C@H]1C[C@H](O)[C@@H](COP(=O)(O)O)N1. The molecule has 13 heavy (non-hydrogen) atoms. The molecule has 0 spiro atoms. The van der Waals surface area contributed by atoms with Crippen LogP contribution in [-0.4, -0.2) is 47.4 Å². The summed E-state index contributed by atoms with van der Waals surface area (Å²) in [4.78, 5) is 16.8. The summed E-state index contributed by atoms with van der Waals surface area (Å²) in [5.74, 6) is -0.347. The van der Waals surface area contributed by atoms with Gasteiger partial charge in [-0.2, -0.15) is 0 Å². The maximum absolute atomic E-state index is 10.3. The molecule has 74 valence electrons. The van der Waals surface area contributed by atoms with Gasteiger partial charge in [0.15, 0.2) is 0 Å². The van der Waals surface area contributed by atoms with Crippen molar-refractivity contribution in [3.63, 3.8) is 0 Å². The second-order valence-electron chi connectivity index (χ2n) is 2.97. The predicted octanol–water partition coefficient (Wildman–Crippen LogP) is -1.69. The van der Waals surface area contributed by atoms with Crippen molar-refractivity contribution in [2.24, 2.45) is 0 Å². The topological polar surface area (TPSA) is 99.0 Å². The Labute approximate surface area is 76.9 Å². The van der Waals surface area contributed by atoms with Gasteiger partial charge in [-0.05, 0) is 12.4 Å². The lowest BCUT2D eigenvalue weighted by Crippen LogP contribution is -2.37. The Morgan fingerprint density at radius 2 is 2.23 bits per heavy atom. The molecule has 8 heteroatoms. The normalized spacial score (nSPS) is 35.2. The third kappa shape index (κ3) is 3.76. The van der Waals surface area contributed by atoms with Gasteiger partial charge >= 0.3 is 7.82 Å². The predicted molar refractivity (Wildman–Crippen MR) is 45.1 cm³/mol. The van der Waals surface area contributed by atoms with Gasteiger partial charge < -0.3 is 20.2 Å². The van der Waals surface area contributed by atoms with Crippen LogP contribution in [0.3, 0.4) is 0 Å². The average molecular weight is 207 g/mol. The zero-order chi connectivity index (χ0) is 10.1.